The molecule has 0 aliphatic rings. The number of para-hydroxylation sites is 1. The largest absolute Gasteiger partial charge is 0.383 e. The fraction of sp³-hybridized carbons (Fsp3) is 0.391. The quantitative estimate of drug-likeness (QED) is 0.680. The highest BCUT2D eigenvalue weighted by Gasteiger charge is 2.16. The van der Waals surface area contributed by atoms with Gasteiger partial charge in [0.2, 0.25) is 11.8 Å². The van der Waals surface area contributed by atoms with Crippen molar-refractivity contribution in [2.24, 2.45) is 0 Å². The van der Waals surface area contributed by atoms with E-state index in [0.29, 0.717) is 13.2 Å². The highest BCUT2D eigenvalue weighted by molar-refractivity contribution is 5.95. The molecule has 2 rings (SSSR count). The number of nitrogens with one attached hydrogen (secondary N) is 2. The molecule has 0 saturated heterocycles. The Morgan fingerprint density at radius 2 is 1.41 bits per heavy atom. The van der Waals surface area contributed by atoms with Crippen LogP contribution in [0.1, 0.15) is 22.3 Å². The second-order valence-electron chi connectivity index (χ2n) is 7.31. The number of hydrogen-bond acceptors (Lipinski definition) is 4. The molecule has 156 valence electrons. The van der Waals surface area contributed by atoms with E-state index in [1.165, 1.54) is 0 Å². The van der Waals surface area contributed by atoms with E-state index >= 15 is 0 Å². The smallest absolute Gasteiger partial charge is 0.238 e. The zero-order valence-electron chi connectivity index (χ0n) is 18.0. The third-order valence-electron chi connectivity index (χ3n) is 4.97. The van der Waals surface area contributed by atoms with Gasteiger partial charge in [0.25, 0.3) is 0 Å². The van der Waals surface area contributed by atoms with Crippen molar-refractivity contribution in [1.29, 1.82) is 0 Å². The topological polar surface area (TPSA) is 70.7 Å². The van der Waals surface area contributed by atoms with E-state index in [1.54, 1.807) is 12.0 Å². The Hall–Kier alpha value is -2.70. The van der Waals surface area contributed by atoms with Gasteiger partial charge in [-0.25, -0.2) is 0 Å². The van der Waals surface area contributed by atoms with Crippen LogP contribution in [0.3, 0.4) is 0 Å². The van der Waals surface area contributed by atoms with Gasteiger partial charge < -0.3 is 15.4 Å². The van der Waals surface area contributed by atoms with Gasteiger partial charge in [-0.2, -0.15) is 0 Å². The summed E-state index contributed by atoms with van der Waals surface area (Å²) in [5.74, 6) is -0.312. The number of nitrogens with zero attached hydrogens (tertiary/aromatic N) is 1. The number of rotatable bonds is 9. The van der Waals surface area contributed by atoms with Crippen molar-refractivity contribution in [3.63, 3.8) is 0 Å². The highest BCUT2D eigenvalue weighted by atomic mass is 16.5. The first kappa shape index (κ1) is 22.6. The minimum atomic E-state index is -0.158. The molecule has 6 heteroatoms. The van der Waals surface area contributed by atoms with Crippen molar-refractivity contribution in [3.05, 3.63) is 58.7 Å². The van der Waals surface area contributed by atoms with Crippen LogP contribution in [0.15, 0.2) is 36.4 Å². The molecule has 0 fully saturated rings. The van der Waals surface area contributed by atoms with Gasteiger partial charge in [0, 0.05) is 25.0 Å². The molecular weight excluding hydrogens is 366 g/mol. The van der Waals surface area contributed by atoms with Crippen LogP contribution < -0.4 is 10.6 Å². The maximum Gasteiger partial charge on any atom is 0.238 e. The highest BCUT2D eigenvalue weighted by Crippen LogP contribution is 2.20. The van der Waals surface area contributed by atoms with Gasteiger partial charge >= 0.3 is 0 Å². The molecule has 0 heterocycles. The van der Waals surface area contributed by atoms with E-state index in [-0.39, 0.29) is 24.9 Å². The molecule has 2 aromatic rings. The number of carbonyl (C=O) groups is 2. The van der Waals surface area contributed by atoms with Crippen LogP contribution in [0.4, 0.5) is 11.4 Å². The first-order chi connectivity index (χ1) is 13.8. The van der Waals surface area contributed by atoms with Crippen molar-refractivity contribution in [2.45, 2.75) is 27.7 Å². The van der Waals surface area contributed by atoms with Crippen LogP contribution >= 0.6 is 0 Å². The maximum absolute atomic E-state index is 12.6. The zero-order valence-corrected chi connectivity index (χ0v) is 18.0. The lowest BCUT2D eigenvalue weighted by Crippen LogP contribution is -2.40. The van der Waals surface area contributed by atoms with Crippen molar-refractivity contribution in [1.82, 2.24) is 4.90 Å². The monoisotopic (exact) mass is 397 g/mol. The Morgan fingerprint density at radius 1 is 0.862 bits per heavy atom. The Labute approximate surface area is 173 Å². The average molecular weight is 398 g/mol. The van der Waals surface area contributed by atoms with E-state index < -0.39 is 0 Å². The molecule has 0 saturated carbocycles. The van der Waals surface area contributed by atoms with Gasteiger partial charge in [0.1, 0.15) is 0 Å². The number of benzene rings is 2. The lowest BCUT2D eigenvalue weighted by atomic mass is 10.1. The number of hydrogen-bond donors (Lipinski definition) is 2. The SMILES string of the molecule is COCCN(CC(=O)Nc1cccc(C)c1C)CC(=O)Nc1c(C)cccc1C. The van der Waals surface area contributed by atoms with E-state index in [1.807, 2.05) is 64.1 Å². The summed E-state index contributed by atoms with van der Waals surface area (Å²) in [4.78, 5) is 27.0. The third kappa shape index (κ3) is 6.69. The summed E-state index contributed by atoms with van der Waals surface area (Å²) in [7, 11) is 1.60. The predicted molar refractivity (Wildman–Crippen MR) is 117 cm³/mol. The number of amides is 2. The van der Waals surface area contributed by atoms with E-state index in [0.717, 1.165) is 33.6 Å². The molecule has 2 aromatic carbocycles. The summed E-state index contributed by atoms with van der Waals surface area (Å²) >= 11 is 0. The Kier molecular flexibility index (Phi) is 8.36. The second-order valence-corrected chi connectivity index (χ2v) is 7.31. The molecule has 29 heavy (non-hydrogen) atoms. The fourth-order valence-corrected chi connectivity index (χ4v) is 3.11. The summed E-state index contributed by atoms with van der Waals surface area (Å²) in [5.41, 5.74) is 5.79. The summed E-state index contributed by atoms with van der Waals surface area (Å²) in [6, 6.07) is 11.7. The minimum absolute atomic E-state index is 0.108. The van der Waals surface area contributed by atoms with Crippen molar-refractivity contribution in [2.75, 3.05) is 44.0 Å². The molecule has 0 spiro atoms. The fourth-order valence-electron chi connectivity index (χ4n) is 3.11. The van der Waals surface area contributed by atoms with Gasteiger partial charge in [-0.1, -0.05) is 30.3 Å². The van der Waals surface area contributed by atoms with Gasteiger partial charge in [0.15, 0.2) is 0 Å². The van der Waals surface area contributed by atoms with Crippen molar-refractivity contribution < 1.29 is 14.3 Å². The normalized spacial score (nSPS) is 10.8. The molecule has 0 aliphatic heterocycles. The molecule has 0 aliphatic carbocycles. The summed E-state index contributed by atoms with van der Waals surface area (Å²) in [6.07, 6.45) is 0. The average Bonchev–Trinajstić information content (AvgIpc) is 2.66. The zero-order chi connectivity index (χ0) is 21.4. The summed E-state index contributed by atoms with van der Waals surface area (Å²) < 4.78 is 5.14. The maximum atomic E-state index is 12.6. The van der Waals surface area contributed by atoms with E-state index in [9.17, 15) is 9.59 Å². The van der Waals surface area contributed by atoms with Gasteiger partial charge in [-0.05, 0) is 56.0 Å². The predicted octanol–water partition coefficient (Wildman–Crippen LogP) is 3.45. The second kappa shape index (κ2) is 10.7. The summed E-state index contributed by atoms with van der Waals surface area (Å²) in [5, 5.41) is 5.92. The molecule has 0 bridgehead atoms. The van der Waals surface area contributed by atoms with Crippen LogP contribution in [-0.4, -0.2) is 50.1 Å². The third-order valence-corrected chi connectivity index (χ3v) is 4.97. The first-order valence-electron chi connectivity index (χ1n) is 9.75. The number of aryl methyl sites for hydroxylation is 3. The van der Waals surface area contributed by atoms with Crippen LogP contribution in [-0.2, 0) is 14.3 Å². The molecule has 0 radical (unpaired) electrons. The first-order valence-corrected chi connectivity index (χ1v) is 9.75. The van der Waals surface area contributed by atoms with Crippen LogP contribution in [0, 0.1) is 27.7 Å². The summed E-state index contributed by atoms with van der Waals surface area (Å²) in [6.45, 7) is 9.05. The molecule has 2 N–H and O–H groups in total. The molecule has 6 nitrogen and oxygen atoms in total. The molecule has 0 atom stereocenters. The standard InChI is InChI=1S/C23H31N3O3/c1-16-8-7-11-20(19(16)4)24-21(27)14-26(12-13-29-5)15-22(28)25-23-17(2)9-6-10-18(23)3/h6-11H,12-15H2,1-5H3,(H,24,27)(H,25,28). The van der Waals surface area contributed by atoms with Crippen LogP contribution in [0.2, 0.25) is 0 Å². The van der Waals surface area contributed by atoms with Crippen molar-refractivity contribution in [3.8, 4) is 0 Å². The molecular formula is C23H31N3O3. The number of ether oxygens (including phenoxy) is 1. The number of anilines is 2. The molecule has 2 amide bonds. The molecule has 0 aromatic heterocycles. The van der Waals surface area contributed by atoms with Gasteiger partial charge in [-0.3, -0.25) is 14.5 Å². The lowest BCUT2D eigenvalue weighted by molar-refractivity contribution is -0.120. The van der Waals surface area contributed by atoms with Crippen molar-refractivity contribution >= 4 is 23.2 Å². The Bertz CT molecular complexity index is 844. The van der Waals surface area contributed by atoms with Crippen LogP contribution in [0.25, 0.3) is 0 Å². The van der Waals surface area contributed by atoms with E-state index in [2.05, 4.69) is 10.6 Å². The van der Waals surface area contributed by atoms with Crippen LogP contribution in [0.5, 0.6) is 0 Å². The number of methoxy groups -OCH3 is 1. The Balaban J connectivity index is 2.01. The number of carbonyl (C=O) groups excluding carboxylic acids is 2. The minimum Gasteiger partial charge on any atom is -0.383 e. The molecule has 0 unspecified atom stereocenters. The van der Waals surface area contributed by atoms with Gasteiger partial charge in [0.05, 0.1) is 19.7 Å². The van der Waals surface area contributed by atoms with E-state index in [4.69, 9.17) is 4.74 Å². The van der Waals surface area contributed by atoms with Gasteiger partial charge in [-0.15, -0.1) is 0 Å². The Morgan fingerprint density at radius 3 is 2.03 bits per heavy atom. The lowest BCUT2D eigenvalue weighted by Gasteiger charge is -2.22.